The molecule has 68 valence electrons. The SMILES string of the molecule is CC=CCCCCC(C)(C)C#N. The second-order valence-corrected chi connectivity index (χ2v) is 3.81. The summed E-state index contributed by atoms with van der Waals surface area (Å²) in [6.07, 6.45) is 8.79. The van der Waals surface area contributed by atoms with Gasteiger partial charge in [-0.05, 0) is 40.0 Å². The Balaban J connectivity index is 3.39. The minimum Gasteiger partial charge on any atom is -0.198 e. The molecule has 0 saturated heterocycles. The lowest BCUT2D eigenvalue weighted by atomic mass is 9.89. The first-order valence-electron chi connectivity index (χ1n) is 4.65. The molecule has 0 aliphatic heterocycles. The van der Waals surface area contributed by atoms with Gasteiger partial charge in [-0.1, -0.05) is 18.6 Å². The molecule has 0 rings (SSSR count). The standard InChI is InChI=1S/C11H19N/c1-4-5-6-7-8-9-11(2,3)10-12/h4-5H,6-9H2,1-3H3. The first-order chi connectivity index (χ1) is 5.62. The quantitative estimate of drug-likeness (QED) is 0.450. The molecule has 0 spiro atoms. The predicted octanol–water partition coefficient (Wildman–Crippen LogP) is 3.67. The molecule has 0 heterocycles. The van der Waals surface area contributed by atoms with Crippen LogP contribution in [-0.2, 0) is 0 Å². The number of rotatable bonds is 5. The monoisotopic (exact) mass is 165 g/mol. The molecule has 0 aromatic heterocycles. The molecule has 0 aliphatic carbocycles. The molecule has 0 amide bonds. The second kappa shape index (κ2) is 5.83. The zero-order valence-corrected chi connectivity index (χ0v) is 8.43. The third kappa shape index (κ3) is 5.97. The Hall–Kier alpha value is -0.770. The van der Waals surface area contributed by atoms with E-state index in [1.54, 1.807) is 0 Å². The van der Waals surface area contributed by atoms with Crippen LogP contribution in [0.3, 0.4) is 0 Å². The van der Waals surface area contributed by atoms with Gasteiger partial charge >= 0.3 is 0 Å². The minimum absolute atomic E-state index is 0.129. The number of nitriles is 1. The third-order valence-electron chi connectivity index (χ3n) is 1.96. The topological polar surface area (TPSA) is 23.8 Å². The Labute approximate surface area is 76.1 Å². The fourth-order valence-corrected chi connectivity index (χ4v) is 1.05. The lowest BCUT2D eigenvalue weighted by Gasteiger charge is -2.13. The van der Waals surface area contributed by atoms with E-state index in [0.29, 0.717) is 0 Å². The summed E-state index contributed by atoms with van der Waals surface area (Å²) < 4.78 is 0. The molecule has 1 nitrogen and oxygen atoms in total. The van der Waals surface area contributed by atoms with E-state index in [4.69, 9.17) is 5.26 Å². The minimum atomic E-state index is -0.129. The van der Waals surface area contributed by atoms with Crippen LogP contribution >= 0.6 is 0 Å². The summed E-state index contributed by atoms with van der Waals surface area (Å²) in [6, 6.07) is 2.31. The van der Waals surface area contributed by atoms with Crippen LogP contribution in [0.4, 0.5) is 0 Å². The highest BCUT2D eigenvalue weighted by molar-refractivity contribution is 4.91. The van der Waals surface area contributed by atoms with Gasteiger partial charge in [-0.3, -0.25) is 0 Å². The van der Waals surface area contributed by atoms with Gasteiger partial charge in [0.2, 0.25) is 0 Å². The molecular weight excluding hydrogens is 146 g/mol. The fraction of sp³-hybridized carbons (Fsp3) is 0.727. The van der Waals surface area contributed by atoms with Crippen molar-refractivity contribution in [2.45, 2.75) is 46.5 Å². The number of unbranched alkanes of at least 4 members (excludes halogenated alkanes) is 2. The van der Waals surface area contributed by atoms with Crippen molar-refractivity contribution < 1.29 is 0 Å². The van der Waals surface area contributed by atoms with Crippen molar-refractivity contribution in [3.63, 3.8) is 0 Å². The predicted molar refractivity (Wildman–Crippen MR) is 52.7 cm³/mol. The van der Waals surface area contributed by atoms with E-state index in [-0.39, 0.29) is 5.41 Å². The van der Waals surface area contributed by atoms with Gasteiger partial charge < -0.3 is 0 Å². The van der Waals surface area contributed by atoms with E-state index in [9.17, 15) is 0 Å². The van der Waals surface area contributed by atoms with E-state index >= 15 is 0 Å². The van der Waals surface area contributed by atoms with E-state index < -0.39 is 0 Å². The largest absolute Gasteiger partial charge is 0.198 e. The maximum atomic E-state index is 8.73. The molecule has 0 aromatic carbocycles. The van der Waals surface area contributed by atoms with Gasteiger partial charge in [0.05, 0.1) is 11.5 Å². The van der Waals surface area contributed by atoms with Crippen LogP contribution in [0.25, 0.3) is 0 Å². The Morgan fingerprint density at radius 3 is 2.50 bits per heavy atom. The van der Waals surface area contributed by atoms with Crippen LogP contribution < -0.4 is 0 Å². The van der Waals surface area contributed by atoms with Crippen LogP contribution in [0.2, 0.25) is 0 Å². The molecule has 0 unspecified atom stereocenters. The first kappa shape index (κ1) is 11.2. The second-order valence-electron chi connectivity index (χ2n) is 3.81. The Morgan fingerprint density at radius 2 is 2.00 bits per heavy atom. The average molecular weight is 165 g/mol. The highest BCUT2D eigenvalue weighted by Gasteiger charge is 2.14. The summed E-state index contributed by atoms with van der Waals surface area (Å²) in [5.41, 5.74) is -0.129. The van der Waals surface area contributed by atoms with Gasteiger partial charge in [0.25, 0.3) is 0 Å². The summed E-state index contributed by atoms with van der Waals surface area (Å²) in [5, 5.41) is 8.73. The molecule has 0 aromatic rings. The molecule has 0 saturated carbocycles. The van der Waals surface area contributed by atoms with Gasteiger partial charge in [-0.2, -0.15) is 5.26 Å². The van der Waals surface area contributed by atoms with E-state index in [0.717, 1.165) is 19.3 Å². The molecule has 1 heteroatoms. The molecule has 0 radical (unpaired) electrons. The van der Waals surface area contributed by atoms with Crippen LogP contribution in [0, 0.1) is 16.7 Å². The van der Waals surface area contributed by atoms with Gasteiger partial charge in [-0.15, -0.1) is 0 Å². The van der Waals surface area contributed by atoms with Gasteiger partial charge in [0.1, 0.15) is 0 Å². The van der Waals surface area contributed by atoms with E-state index in [1.165, 1.54) is 6.42 Å². The first-order valence-corrected chi connectivity index (χ1v) is 4.65. The number of nitrogens with zero attached hydrogens (tertiary/aromatic N) is 1. The smallest absolute Gasteiger partial charge is 0.0683 e. The summed E-state index contributed by atoms with van der Waals surface area (Å²) in [6.45, 7) is 6.05. The lowest BCUT2D eigenvalue weighted by molar-refractivity contribution is 0.428. The molecule has 0 bridgehead atoms. The van der Waals surface area contributed by atoms with Gasteiger partial charge in [-0.25, -0.2) is 0 Å². The van der Waals surface area contributed by atoms with Crippen molar-refractivity contribution in [3.8, 4) is 6.07 Å². The van der Waals surface area contributed by atoms with Crippen molar-refractivity contribution in [2.75, 3.05) is 0 Å². The average Bonchev–Trinajstić information content (AvgIpc) is 2.04. The van der Waals surface area contributed by atoms with Gasteiger partial charge in [0.15, 0.2) is 0 Å². The molecular formula is C11H19N. The maximum Gasteiger partial charge on any atom is 0.0683 e. The highest BCUT2D eigenvalue weighted by atomic mass is 14.3. The van der Waals surface area contributed by atoms with Crippen LogP contribution in [-0.4, -0.2) is 0 Å². The van der Waals surface area contributed by atoms with Crippen molar-refractivity contribution in [2.24, 2.45) is 5.41 Å². The third-order valence-corrected chi connectivity index (χ3v) is 1.96. The zero-order chi connectivity index (χ0) is 9.45. The number of allylic oxidation sites excluding steroid dienone is 2. The van der Waals surface area contributed by atoms with Crippen molar-refractivity contribution in [3.05, 3.63) is 12.2 Å². The van der Waals surface area contributed by atoms with E-state index in [1.807, 2.05) is 20.8 Å². The Morgan fingerprint density at radius 1 is 1.33 bits per heavy atom. The van der Waals surface area contributed by atoms with Gasteiger partial charge in [0, 0.05) is 0 Å². The molecule has 0 fully saturated rings. The Bertz CT molecular complexity index is 172. The number of hydrogen-bond acceptors (Lipinski definition) is 1. The molecule has 12 heavy (non-hydrogen) atoms. The summed E-state index contributed by atoms with van der Waals surface area (Å²) in [4.78, 5) is 0. The molecule has 0 aliphatic rings. The van der Waals surface area contributed by atoms with E-state index in [2.05, 4.69) is 18.2 Å². The number of hydrogen-bond donors (Lipinski definition) is 0. The van der Waals surface area contributed by atoms with Crippen LogP contribution in [0.1, 0.15) is 46.5 Å². The molecule has 0 atom stereocenters. The normalized spacial score (nSPS) is 11.8. The summed E-state index contributed by atoms with van der Waals surface area (Å²) in [7, 11) is 0. The zero-order valence-electron chi connectivity index (χ0n) is 8.43. The van der Waals surface area contributed by atoms with Crippen molar-refractivity contribution in [1.82, 2.24) is 0 Å². The van der Waals surface area contributed by atoms with Crippen LogP contribution in [0.15, 0.2) is 12.2 Å². The summed E-state index contributed by atoms with van der Waals surface area (Å²) in [5.74, 6) is 0. The highest BCUT2D eigenvalue weighted by Crippen LogP contribution is 2.21. The van der Waals surface area contributed by atoms with Crippen molar-refractivity contribution >= 4 is 0 Å². The Kier molecular flexibility index (Phi) is 5.45. The maximum absolute atomic E-state index is 8.73. The fourth-order valence-electron chi connectivity index (χ4n) is 1.05. The van der Waals surface area contributed by atoms with Crippen molar-refractivity contribution in [1.29, 1.82) is 5.26 Å². The summed E-state index contributed by atoms with van der Waals surface area (Å²) >= 11 is 0. The molecule has 0 N–H and O–H groups in total. The lowest BCUT2D eigenvalue weighted by Crippen LogP contribution is -2.06. The van der Waals surface area contributed by atoms with Crippen LogP contribution in [0.5, 0.6) is 0 Å².